The SMILES string of the molecule is O=C(C[NH+]1CCCCC1)c1cc(O)ccc1O. The predicted molar refractivity (Wildman–Crippen MR) is 63.5 cm³/mol. The van der Waals surface area contributed by atoms with Crippen molar-refractivity contribution in [1.82, 2.24) is 0 Å². The van der Waals surface area contributed by atoms with E-state index in [2.05, 4.69) is 0 Å². The minimum absolute atomic E-state index is 0.0137. The Hall–Kier alpha value is -1.55. The Morgan fingerprint density at radius 2 is 1.88 bits per heavy atom. The number of hydrogen-bond acceptors (Lipinski definition) is 3. The van der Waals surface area contributed by atoms with Gasteiger partial charge in [0.25, 0.3) is 0 Å². The van der Waals surface area contributed by atoms with Crippen LogP contribution in [0.1, 0.15) is 29.6 Å². The Labute approximate surface area is 100 Å². The van der Waals surface area contributed by atoms with Gasteiger partial charge in [-0.05, 0) is 37.5 Å². The Morgan fingerprint density at radius 3 is 2.59 bits per heavy atom. The van der Waals surface area contributed by atoms with Gasteiger partial charge in [0.1, 0.15) is 18.0 Å². The zero-order chi connectivity index (χ0) is 12.3. The van der Waals surface area contributed by atoms with Crippen molar-refractivity contribution in [2.75, 3.05) is 19.6 Å². The Bertz CT molecular complexity index is 411. The fourth-order valence-corrected chi connectivity index (χ4v) is 2.30. The first kappa shape index (κ1) is 11.9. The molecule has 0 bridgehead atoms. The molecule has 1 saturated heterocycles. The first-order valence-corrected chi connectivity index (χ1v) is 6.05. The molecule has 4 heteroatoms. The van der Waals surface area contributed by atoms with E-state index in [1.807, 2.05) is 0 Å². The van der Waals surface area contributed by atoms with E-state index in [1.54, 1.807) is 0 Å². The maximum atomic E-state index is 12.0. The first-order chi connectivity index (χ1) is 8.16. The van der Waals surface area contributed by atoms with E-state index in [1.165, 1.54) is 29.5 Å². The number of ketones is 1. The van der Waals surface area contributed by atoms with Crippen molar-refractivity contribution in [2.45, 2.75) is 19.3 Å². The lowest BCUT2D eigenvalue weighted by Gasteiger charge is -2.22. The Morgan fingerprint density at radius 1 is 1.18 bits per heavy atom. The number of nitrogens with one attached hydrogen (secondary N) is 1. The van der Waals surface area contributed by atoms with Crippen molar-refractivity contribution in [2.24, 2.45) is 0 Å². The highest BCUT2D eigenvalue weighted by atomic mass is 16.3. The maximum absolute atomic E-state index is 12.0. The van der Waals surface area contributed by atoms with Crippen molar-refractivity contribution in [3.8, 4) is 11.5 Å². The van der Waals surface area contributed by atoms with Crippen LogP contribution in [0.2, 0.25) is 0 Å². The second-order valence-corrected chi connectivity index (χ2v) is 4.61. The summed E-state index contributed by atoms with van der Waals surface area (Å²) in [5.74, 6) is -0.140. The quantitative estimate of drug-likeness (QED) is 0.524. The molecule has 2 rings (SSSR count). The Kier molecular flexibility index (Phi) is 3.64. The van der Waals surface area contributed by atoms with E-state index in [4.69, 9.17) is 0 Å². The molecule has 0 radical (unpaired) electrons. The average Bonchev–Trinajstić information content (AvgIpc) is 2.33. The van der Waals surface area contributed by atoms with Gasteiger partial charge in [0.15, 0.2) is 0 Å². The third-order valence-electron chi connectivity index (χ3n) is 3.25. The van der Waals surface area contributed by atoms with Crippen molar-refractivity contribution in [3.63, 3.8) is 0 Å². The third-order valence-corrected chi connectivity index (χ3v) is 3.25. The van der Waals surface area contributed by atoms with Crippen LogP contribution >= 0.6 is 0 Å². The minimum atomic E-state index is -0.102. The molecule has 0 saturated carbocycles. The number of aromatic hydroxyl groups is 2. The summed E-state index contributed by atoms with van der Waals surface area (Å²) in [6.07, 6.45) is 3.57. The summed E-state index contributed by atoms with van der Waals surface area (Å²) in [5.41, 5.74) is 0.225. The molecule has 0 atom stereocenters. The monoisotopic (exact) mass is 236 g/mol. The van der Waals surface area contributed by atoms with E-state index in [-0.39, 0.29) is 22.8 Å². The number of hydrogen-bond donors (Lipinski definition) is 3. The Balaban J connectivity index is 2.05. The fraction of sp³-hybridized carbons (Fsp3) is 0.462. The van der Waals surface area contributed by atoms with Gasteiger partial charge in [-0.2, -0.15) is 0 Å². The molecule has 1 fully saturated rings. The number of phenols is 2. The third kappa shape index (κ3) is 2.97. The molecule has 0 amide bonds. The molecule has 0 spiro atoms. The van der Waals surface area contributed by atoms with Crippen LogP contribution in [-0.4, -0.2) is 35.6 Å². The van der Waals surface area contributed by atoms with Crippen LogP contribution in [-0.2, 0) is 0 Å². The highest BCUT2D eigenvalue weighted by Crippen LogP contribution is 2.21. The lowest BCUT2D eigenvalue weighted by molar-refractivity contribution is -0.896. The molecule has 1 aromatic rings. The molecule has 1 heterocycles. The van der Waals surface area contributed by atoms with E-state index >= 15 is 0 Å². The van der Waals surface area contributed by atoms with Crippen LogP contribution in [0.4, 0.5) is 0 Å². The lowest BCUT2D eigenvalue weighted by Crippen LogP contribution is -3.13. The molecule has 4 nitrogen and oxygen atoms in total. The number of piperidine rings is 1. The molecule has 0 aromatic heterocycles. The number of benzene rings is 1. The van der Waals surface area contributed by atoms with Crippen molar-refractivity contribution in [1.29, 1.82) is 0 Å². The standard InChI is InChI=1S/C13H17NO3/c15-10-4-5-12(16)11(8-10)13(17)9-14-6-2-1-3-7-14/h4-5,8,15-16H,1-3,6-7,9H2/p+1. The summed E-state index contributed by atoms with van der Waals surface area (Å²) in [5, 5.41) is 18.9. The molecular formula is C13H18NO3+. The average molecular weight is 236 g/mol. The summed E-state index contributed by atoms with van der Waals surface area (Å²) < 4.78 is 0. The lowest BCUT2D eigenvalue weighted by atomic mass is 10.1. The molecule has 92 valence electrons. The summed E-state index contributed by atoms with van der Waals surface area (Å²) in [4.78, 5) is 13.3. The van der Waals surface area contributed by atoms with E-state index in [0.717, 1.165) is 25.9 Å². The van der Waals surface area contributed by atoms with Gasteiger partial charge in [-0.3, -0.25) is 4.79 Å². The highest BCUT2D eigenvalue weighted by molar-refractivity contribution is 5.99. The number of carbonyl (C=O) groups excluding carboxylic acids is 1. The van der Waals surface area contributed by atoms with Crippen LogP contribution in [0.5, 0.6) is 11.5 Å². The topological polar surface area (TPSA) is 62.0 Å². The van der Waals surface area contributed by atoms with Crippen LogP contribution in [0.15, 0.2) is 18.2 Å². The molecule has 0 aliphatic carbocycles. The number of phenolic OH excluding ortho intramolecular Hbond substituents is 2. The number of carbonyl (C=O) groups is 1. The summed E-state index contributed by atoms with van der Waals surface area (Å²) >= 11 is 0. The summed E-state index contributed by atoms with van der Waals surface area (Å²) in [6.45, 7) is 2.44. The van der Waals surface area contributed by atoms with Crippen LogP contribution in [0, 0.1) is 0 Å². The number of likely N-dealkylation sites (tertiary alicyclic amines) is 1. The van der Waals surface area contributed by atoms with Gasteiger partial charge < -0.3 is 15.1 Å². The molecule has 1 aliphatic rings. The zero-order valence-electron chi connectivity index (χ0n) is 9.78. The second kappa shape index (κ2) is 5.19. The van der Waals surface area contributed by atoms with E-state index < -0.39 is 0 Å². The van der Waals surface area contributed by atoms with Crippen LogP contribution in [0.25, 0.3) is 0 Å². The smallest absolute Gasteiger partial charge is 0.220 e. The largest absolute Gasteiger partial charge is 0.508 e. The number of rotatable bonds is 3. The minimum Gasteiger partial charge on any atom is -0.508 e. The molecule has 3 N–H and O–H groups in total. The molecule has 1 aromatic carbocycles. The van der Waals surface area contributed by atoms with E-state index in [0.29, 0.717) is 6.54 Å². The van der Waals surface area contributed by atoms with Crippen molar-refractivity contribution >= 4 is 5.78 Å². The number of Topliss-reactive ketones (excluding diaryl/α,β-unsaturated/α-hetero) is 1. The normalized spacial score (nSPS) is 16.9. The molecule has 0 unspecified atom stereocenters. The van der Waals surface area contributed by atoms with Gasteiger partial charge in [0.2, 0.25) is 5.78 Å². The van der Waals surface area contributed by atoms with Crippen molar-refractivity contribution < 1.29 is 19.9 Å². The van der Waals surface area contributed by atoms with Gasteiger partial charge in [0, 0.05) is 0 Å². The summed E-state index contributed by atoms with van der Waals surface area (Å²) in [6, 6.07) is 4.06. The van der Waals surface area contributed by atoms with Gasteiger partial charge in [-0.15, -0.1) is 0 Å². The second-order valence-electron chi connectivity index (χ2n) is 4.61. The van der Waals surface area contributed by atoms with Crippen LogP contribution < -0.4 is 4.90 Å². The van der Waals surface area contributed by atoms with Gasteiger partial charge in [-0.25, -0.2) is 0 Å². The fourth-order valence-electron chi connectivity index (χ4n) is 2.30. The van der Waals surface area contributed by atoms with E-state index in [9.17, 15) is 15.0 Å². The predicted octanol–water partition coefficient (Wildman–Crippen LogP) is 0.349. The zero-order valence-corrected chi connectivity index (χ0v) is 9.78. The first-order valence-electron chi connectivity index (χ1n) is 6.05. The molecular weight excluding hydrogens is 218 g/mol. The van der Waals surface area contributed by atoms with Gasteiger partial charge in [-0.1, -0.05) is 0 Å². The maximum Gasteiger partial charge on any atom is 0.220 e. The van der Waals surface area contributed by atoms with Crippen LogP contribution in [0.3, 0.4) is 0 Å². The van der Waals surface area contributed by atoms with Crippen molar-refractivity contribution in [3.05, 3.63) is 23.8 Å². The molecule has 17 heavy (non-hydrogen) atoms. The highest BCUT2D eigenvalue weighted by Gasteiger charge is 2.20. The number of quaternary nitrogens is 1. The molecule has 1 aliphatic heterocycles. The summed E-state index contributed by atoms with van der Waals surface area (Å²) in [7, 11) is 0. The van der Waals surface area contributed by atoms with Gasteiger partial charge >= 0.3 is 0 Å². The van der Waals surface area contributed by atoms with Gasteiger partial charge in [0.05, 0.1) is 18.7 Å².